The molecule has 82 valence electrons. The highest BCUT2D eigenvalue weighted by Gasteiger charge is 1.95. The average molecular weight is 198 g/mol. The minimum Gasteiger partial charge on any atom is -0.462 e. The molecule has 0 N–H and O–H groups in total. The number of carbonyl (C=O) groups excluding carboxylic acids is 1. The summed E-state index contributed by atoms with van der Waals surface area (Å²) in [6.45, 7) is 8.41. The van der Waals surface area contributed by atoms with Crippen molar-refractivity contribution in [3.05, 3.63) is 11.6 Å². The maximum absolute atomic E-state index is 10.5. The number of carbonyl (C=O) groups is 1. The van der Waals surface area contributed by atoms with E-state index in [1.165, 1.54) is 25.3 Å². The third-order valence-corrected chi connectivity index (χ3v) is 2.07. The van der Waals surface area contributed by atoms with E-state index in [2.05, 4.69) is 20.8 Å². The third kappa shape index (κ3) is 9.30. The van der Waals surface area contributed by atoms with Crippen molar-refractivity contribution in [1.29, 1.82) is 0 Å². The van der Waals surface area contributed by atoms with Crippen LogP contribution in [0, 0.1) is 5.92 Å². The van der Waals surface area contributed by atoms with E-state index in [0.717, 1.165) is 12.3 Å². The summed E-state index contributed by atoms with van der Waals surface area (Å²) < 4.78 is 4.82. The lowest BCUT2D eigenvalue weighted by atomic mass is 10.0. The molecule has 0 aliphatic carbocycles. The Bertz CT molecular complexity index is 192. The van der Waals surface area contributed by atoms with Crippen LogP contribution in [0.25, 0.3) is 0 Å². The molecule has 14 heavy (non-hydrogen) atoms. The molecule has 0 aromatic rings. The molecule has 2 nitrogen and oxygen atoms in total. The summed E-state index contributed by atoms with van der Waals surface area (Å²) in [6.07, 6.45) is 5.58. The van der Waals surface area contributed by atoms with Crippen molar-refractivity contribution in [3.8, 4) is 0 Å². The van der Waals surface area contributed by atoms with Crippen LogP contribution in [0.2, 0.25) is 0 Å². The van der Waals surface area contributed by atoms with Gasteiger partial charge in [0.05, 0.1) is 0 Å². The Hall–Kier alpha value is -0.790. The number of hydrogen-bond donors (Lipinski definition) is 0. The zero-order valence-electron chi connectivity index (χ0n) is 9.80. The van der Waals surface area contributed by atoms with Gasteiger partial charge in [-0.05, 0) is 31.8 Å². The van der Waals surface area contributed by atoms with Crippen LogP contribution in [0.3, 0.4) is 0 Å². The molecule has 0 aliphatic rings. The molecular formula is C12H22O2. The molecule has 0 unspecified atom stereocenters. The Morgan fingerprint density at radius 2 is 2.00 bits per heavy atom. The summed E-state index contributed by atoms with van der Waals surface area (Å²) in [5.74, 6) is 0.562. The summed E-state index contributed by atoms with van der Waals surface area (Å²) >= 11 is 0. The van der Waals surface area contributed by atoms with Crippen LogP contribution < -0.4 is 0 Å². The van der Waals surface area contributed by atoms with E-state index in [-0.39, 0.29) is 5.97 Å². The molecule has 0 amide bonds. The van der Waals surface area contributed by atoms with Crippen LogP contribution >= 0.6 is 0 Å². The van der Waals surface area contributed by atoms with Crippen molar-refractivity contribution >= 4 is 5.97 Å². The van der Waals surface area contributed by atoms with Gasteiger partial charge in [0.15, 0.2) is 0 Å². The van der Waals surface area contributed by atoms with Crippen molar-refractivity contribution in [2.75, 3.05) is 6.61 Å². The highest BCUT2D eigenvalue weighted by Crippen LogP contribution is 2.11. The van der Waals surface area contributed by atoms with Gasteiger partial charge < -0.3 is 4.74 Å². The predicted molar refractivity (Wildman–Crippen MR) is 59.1 cm³/mol. The van der Waals surface area contributed by atoms with Crippen LogP contribution in [0.15, 0.2) is 11.6 Å². The molecule has 0 atom stereocenters. The van der Waals surface area contributed by atoms with Gasteiger partial charge in [0.2, 0.25) is 0 Å². The molecule has 0 aromatic carbocycles. The van der Waals surface area contributed by atoms with Crippen molar-refractivity contribution in [3.63, 3.8) is 0 Å². The summed E-state index contributed by atoms with van der Waals surface area (Å²) in [5.41, 5.74) is 1.31. The van der Waals surface area contributed by atoms with Gasteiger partial charge in [0, 0.05) is 6.92 Å². The first-order valence-corrected chi connectivity index (χ1v) is 5.31. The third-order valence-electron chi connectivity index (χ3n) is 2.07. The SMILES string of the molecule is CC(=O)OC/C=C(\C)CCCC(C)C. The number of hydrogen-bond acceptors (Lipinski definition) is 2. The molecular weight excluding hydrogens is 176 g/mol. The fraction of sp³-hybridized carbons (Fsp3) is 0.750. The molecule has 0 saturated carbocycles. The van der Waals surface area contributed by atoms with Crippen molar-refractivity contribution in [1.82, 2.24) is 0 Å². The van der Waals surface area contributed by atoms with E-state index in [1.54, 1.807) is 0 Å². The van der Waals surface area contributed by atoms with Crippen molar-refractivity contribution < 1.29 is 9.53 Å². The van der Waals surface area contributed by atoms with Gasteiger partial charge in [0.25, 0.3) is 0 Å². The Balaban J connectivity index is 3.51. The largest absolute Gasteiger partial charge is 0.462 e. The van der Waals surface area contributed by atoms with E-state index < -0.39 is 0 Å². The summed E-state index contributed by atoms with van der Waals surface area (Å²) in [7, 11) is 0. The molecule has 0 heterocycles. The van der Waals surface area contributed by atoms with E-state index >= 15 is 0 Å². The number of esters is 1. The van der Waals surface area contributed by atoms with E-state index in [9.17, 15) is 4.79 Å². The van der Waals surface area contributed by atoms with Crippen molar-refractivity contribution in [2.45, 2.75) is 47.0 Å². The fourth-order valence-electron chi connectivity index (χ4n) is 1.19. The Morgan fingerprint density at radius 1 is 1.36 bits per heavy atom. The van der Waals surface area contributed by atoms with E-state index in [4.69, 9.17) is 4.74 Å². The van der Waals surface area contributed by atoms with Crippen LogP contribution in [0.5, 0.6) is 0 Å². The Labute approximate surface area is 87.3 Å². The summed E-state index contributed by atoms with van der Waals surface area (Å²) in [5, 5.41) is 0. The van der Waals surface area contributed by atoms with Crippen LogP contribution in [0.4, 0.5) is 0 Å². The zero-order chi connectivity index (χ0) is 11.0. The summed E-state index contributed by atoms with van der Waals surface area (Å²) in [4.78, 5) is 10.5. The average Bonchev–Trinajstić information content (AvgIpc) is 2.02. The number of allylic oxidation sites excluding steroid dienone is 1. The minimum absolute atomic E-state index is 0.212. The lowest BCUT2D eigenvalue weighted by Crippen LogP contribution is -1.98. The van der Waals surface area contributed by atoms with Gasteiger partial charge in [-0.2, -0.15) is 0 Å². The normalized spacial score (nSPS) is 11.9. The molecule has 0 aromatic heterocycles. The summed E-state index contributed by atoms with van der Waals surface area (Å²) in [6, 6.07) is 0. The molecule has 0 rings (SSSR count). The molecule has 0 bridgehead atoms. The molecule has 0 fully saturated rings. The van der Waals surface area contributed by atoms with Gasteiger partial charge >= 0.3 is 5.97 Å². The van der Waals surface area contributed by atoms with Gasteiger partial charge in [-0.15, -0.1) is 0 Å². The van der Waals surface area contributed by atoms with Crippen molar-refractivity contribution in [2.24, 2.45) is 5.92 Å². The monoisotopic (exact) mass is 198 g/mol. The fourth-order valence-corrected chi connectivity index (χ4v) is 1.19. The quantitative estimate of drug-likeness (QED) is 0.483. The number of ether oxygens (including phenoxy) is 1. The molecule has 0 spiro atoms. The van der Waals surface area contributed by atoms with Crippen LogP contribution in [0.1, 0.15) is 47.0 Å². The van der Waals surface area contributed by atoms with Gasteiger partial charge in [-0.1, -0.05) is 25.8 Å². The van der Waals surface area contributed by atoms with Gasteiger partial charge in [-0.3, -0.25) is 4.79 Å². The first-order chi connectivity index (χ1) is 6.52. The maximum atomic E-state index is 10.5. The number of rotatable bonds is 6. The highest BCUT2D eigenvalue weighted by atomic mass is 16.5. The van der Waals surface area contributed by atoms with Crippen LogP contribution in [-0.2, 0) is 9.53 Å². The first-order valence-electron chi connectivity index (χ1n) is 5.31. The smallest absolute Gasteiger partial charge is 0.302 e. The van der Waals surface area contributed by atoms with E-state index in [1.807, 2.05) is 6.08 Å². The Kier molecular flexibility index (Phi) is 7.17. The maximum Gasteiger partial charge on any atom is 0.302 e. The lowest BCUT2D eigenvalue weighted by Gasteiger charge is -2.04. The molecule has 0 radical (unpaired) electrons. The molecule has 0 aliphatic heterocycles. The Morgan fingerprint density at radius 3 is 2.50 bits per heavy atom. The standard InChI is InChI=1S/C12H22O2/c1-10(2)6-5-7-11(3)8-9-14-12(4)13/h8,10H,5-7,9H2,1-4H3/b11-8+. The topological polar surface area (TPSA) is 26.3 Å². The molecule has 0 saturated heterocycles. The predicted octanol–water partition coefficient (Wildman–Crippen LogP) is 3.32. The minimum atomic E-state index is -0.212. The zero-order valence-corrected chi connectivity index (χ0v) is 9.80. The van der Waals surface area contributed by atoms with E-state index in [0.29, 0.717) is 6.61 Å². The second kappa shape index (κ2) is 7.60. The van der Waals surface area contributed by atoms with Gasteiger partial charge in [-0.25, -0.2) is 0 Å². The first kappa shape index (κ1) is 13.2. The highest BCUT2D eigenvalue weighted by molar-refractivity contribution is 5.66. The molecule has 2 heteroatoms. The van der Waals surface area contributed by atoms with Crippen LogP contribution in [-0.4, -0.2) is 12.6 Å². The van der Waals surface area contributed by atoms with Gasteiger partial charge in [0.1, 0.15) is 6.61 Å². The second-order valence-electron chi connectivity index (χ2n) is 4.14. The second-order valence-corrected chi connectivity index (χ2v) is 4.14. The lowest BCUT2D eigenvalue weighted by molar-refractivity contribution is -0.139.